The first kappa shape index (κ1) is 22.6. The van der Waals surface area contributed by atoms with E-state index in [1.807, 2.05) is 38.1 Å². The smallest absolute Gasteiger partial charge is 0.275 e. The number of ketones is 1. The van der Waals surface area contributed by atoms with Gasteiger partial charge in [0.15, 0.2) is 5.78 Å². The van der Waals surface area contributed by atoms with Gasteiger partial charge in [-0.25, -0.2) is 4.68 Å². The summed E-state index contributed by atoms with van der Waals surface area (Å²) in [7, 11) is 0. The van der Waals surface area contributed by atoms with Crippen molar-refractivity contribution in [3.8, 4) is 0 Å². The van der Waals surface area contributed by atoms with Gasteiger partial charge in [-0.1, -0.05) is 67.5 Å². The van der Waals surface area contributed by atoms with E-state index in [4.69, 9.17) is 11.6 Å². The quantitative estimate of drug-likeness (QED) is 0.271. The molecule has 10 heteroatoms. The minimum Gasteiger partial charge on any atom is -0.328 e. The second-order valence-electron chi connectivity index (χ2n) is 9.22. The Morgan fingerprint density at radius 3 is 2.71 bits per heavy atom. The second kappa shape index (κ2) is 8.56. The summed E-state index contributed by atoms with van der Waals surface area (Å²) in [4.78, 5) is 29.4. The number of carbonyl (C=O) groups excluding carboxylic acids is 1. The van der Waals surface area contributed by atoms with E-state index < -0.39 is 11.0 Å². The van der Waals surface area contributed by atoms with Gasteiger partial charge in [0.05, 0.1) is 10.5 Å². The lowest BCUT2D eigenvalue weighted by molar-refractivity contribution is -0.385. The van der Waals surface area contributed by atoms with Crippen LogP contribution < -0.4 is 5.32 Å². The molecule has 1 aliphatic heterocycles. The van der Waals surface area contributed by atoms with E-state index in [0.717, 1.165) is 11.3 Å². The minimum absolute atomic E-state index is 0.0340. The molecule has 0 spiro atoms. The van der Waals surface area contributed by atoms with E-state index in [0.29, 0.717) is 45.9 Å². The summed E-state index contributed by atoms with van der Waals surface area (Å²) < 4.78 is 1.60. The lowest BCUT2D eigenvalue weighted by Crippen LogP contribution is -2.36. The fourth-order valence-corrected chi connectivity index (χ4v) is 5.70. The average Bonchev–Trinajstić information content (AvgIpc) is 3.18. The molecule has 2 aliphatic rings. The molecular weight excluding hydrogens is 474 g/mol. The highest BCUT2D eigenvalue weighted by Crippen LogP contribution is 2.47. The van der Waals surface area contributed by atoms with E-state index in [-0.39, 0.29) is 16.9 Å². The largest absolute Gasteiger partial charge is 0.328 e. The first-order valence-corrected chi connectivity index (χ1v) is 12.2. The van der Waals surface area contributed by atoms with Crippen molar-refractivity contribution >= 4 is 40.8 Å². The molecule has 174 valence electrons. The predicted octanol–water partition coefficient (Wildman–Crippen LogP) is 5.79. The minimum atomic E-state index is -0.724. The Balaban J connectivity index is 1.59. The fraction of sp³-hybridized carbons (Fsp3) is 0.292. The number of allylic oxidation sites excluding steroid dienone is 2. The molecule has 5 rings (SSSR count). The maximum Gasteiger partial charge on any atom is 0.275 e. The predicted molar refractivity (Wildman–Crippen MR) is 131 cm³/mol. The Labute approximate surface area is 205 Å². The molecule has 1 N–H and O–H groups in total. The molecule has 0 fully saturated rings. The van der Waals surface area contributed by atoms with E-state index >= 15 is 0 Å². The summed E-state index contributed by atoms with van der Waals surface area (Å²) in [6.07, 6.45) is 1.00. The summed E-state index contributed by atoms with van der Waals surface area (Å²) in [5.74, 6) is 1.00. The van der Waals surface area contributed by atoms with Crippen molar-refractivity contribution < 1.29 is 9.72 Å². The van der Waals surface area contributed by atoms with Gasteiger partial charge in [-0.05, 0) is 29.5 Å². The van der Waals surface area contributed by atoms with Crippen LogP contribution in [0.3, 0.4) is 0 Å². The Morgan fingerprint density at radius 2 is 1.94 bits per heavy atom. The molecular formula is C24H22ClN5O3S. The van der Waals surface area contributed by atoms with Crippen molar-refractivity contribution in [2.75, 3.05) is 5.32 Å². The molecule has 3 aromatic rings. The van der Waals surface area contributed by atoms with E-state index in [1.54, 1.807) is 22.9 Å². The molecule has 0 amide bonds. The van der Waals surface area contributed by atoms with E-state index in [2.05, 4.69) is 15.4 Å². The number of hydrogen-bond acceptors (Lipinski definition) is 7. The molecule has 1 unspecified atom stereocenters. The summed E-state index contributed by atoms with van der Waals surface area (Å²) in [6.45, 7) is 4.08. The topological polar surface area (TPSA) is 103 Å². The molecule has 0 bridgehead atoms. The zero-order valence-corrected chi connectivity index (χ0v) is 20.2. The van der Waals surface area contributed by atoms with Crippen LogP contribution in [0, 0.1) is 15.5 Å². The van der Waals surface area contributed by atoms with Crippen molar-refractivity contribution in [1.82, 2.24) is 14.8 Å². The Hall–Kier alpha value is -3.17. The van der Waals surface area contributed by atoms with Crippen LogP contribution in [0.1, 0.15) is 43.9 Å². The number of rotatable bonds is 5. The summed E-state index contributed by atoms with van der Waals surface area (Å²) in [6, 6.07) is 13.4. The first-order chi connectivity index (χ1) is 16.2. The van der Waals surface area contributed by atoms with Gasteiger partial charge in [0, 0.05) is 34.5 Å². The number of fused-ring (bicyclic) bond motifs is 1. The van der Waals surface area contributed by atoms with E-state index in [1.165, 1.54) is 17.8 Å². The number of aromatic nitrogens is 3. The molecule has 8 nitrogen and oxygen atoms in total. The zero-order chi connectivity index (χ0) is 24.0. The van der Waals surface area contributed by atoms with Gasteiger partial charge in [0.1, 0.15) is 6.04 Å². The van der Waals surface area contributed by atoms with Gasteiger partial charge in [0.25, 0.3) is 5.69 Å². The lowest BCUT2D eigenvalue weighted by Gasteiger charge is -2.38. The Morgan fingerprint density at radius 1 is 1.21 bits per heavy atom. The number of carbonyl (C=O) groups is 1. The molecule has 2 heterocycles. The number of nitrogens with one attached hydrogen (secondary N) is 1. The van der Waals surface area contributed by atoms with Crippen LogP contribution in [-0.2, 0) is 10.5 Å². The average molecular weight is 496 g/mol. The highest BCUT2D eigenvalue weighted by molar-refractivity contribution is 7.98. The first-order valence-electron chi connectivity index (χ1n) is 10.8. The van der Waals surface area contributed by atoms with Gasteiger partial charge in [0.2, 0.25) is 11.1 Å². The molecule has 1 aliphatic carbocycles. The lowest BCUT2D eigenvalue weighted by atomic mass is 9.73. The standard InChI is InChI=1S/C24H22ClN5O3S/c1-24(2)11-17-20(19(31)12-24)21(15-8-4-6-10-18(15)30(32)33)29-22(26-17)27-23(28-29)34-13-14-7-3-5-9-16(14)25/h3-10,21H,11-13H2,1-2H3,(H,26,27,28). The van der Waals surface area contributed by atoms with Crippen molar-refractivity contribution in [2.24, 2.45) is 5.41 Å². The monoisotopic (exact) mass is 495 g/mol. The van der Waals surface area contributed by atoms with Crippen LogP contribution in [0.4, 0.5) is 11.6 Å². The maximum absolute atomic E-state index is 13.3. The van der Waals surface area contributed by atoms with E-state index in [9.17, 15) is 14.9 Å². The van der Waals surface area contributed by atoms with Crippen LogP contribution in [0.25, 0.3) is 0 Å². The Bertz CT molecular complexity index is 1350. The number of nitro benzene ring substituents is 1. The van der Waals surface area contributed by atoms with Crippen molar-refractivity contribution in [2.45, 2.75) is 43.6 Å². The molecule has 34 heavy (non-hydrogen) atoms. The summed E-state index contributed by atoms with van der Waals surface area (Å²) in [5, 5.41) is 21.0. The maximum atomic E-state index is 13.3. The number of thioether (sulfide) groups is 1. The Kier molecular flexibility index (Phi) is 5.69. The number of nitrogens with zero attached hydrogens (tertiary/aromatic N) is 4. The molecule has 0 saturated heterocycles. The molecule has 0 radical (unpaired) electrons. The number of Topliss-reactive ketones (excluding diaryl/α,β-unsaturated/α-hetero) is 1. The number of hydrogen-bond donors (Lipinski definition) is 1. The van der Waals surface area contributed by atoms with Crippen molar-refractivity contribution in [3.05, 3.63) is 86.1 Å². The van der Waals surface area contributed by atoms with Gasteiger partial charge in [-0.15, -0.1) is 5.10 Å². The third-order valence-electron chi connectivity index (χ3n) is 6.06. The van der Waals surface area contributed by atoms with Crippen LogP contribution in [-0.4, -0.2) is 25.5 Å². The fourth-order valence-electron chi connectivity index (χ4n) is 4.58. The highest BCUT2D eigenvalue weighted by atomic mass is 35.5. The summed E-state index contributed by atoms with van der Waals surface area (Å²) >= 11 is 7.71. The van der Waals surface area contributed by atoms with Crippen molar-refractivity contribution in [3.63, 3.8) is 0 Å². The molecule has 0 saturated carbocycles. The number of benzene rings is 2. The third kappa shape index (κ3) is 4.10. The molecule has 2 aromatic carbocycles. The third-order valence-corrected chi connectivity index (χ3v) is 7.31. The van der Waals surface area contributed by atoms with Gasteiger partial charge in [-0.2, -0.15) is 4.98 Å². The number of para-hydroxylation sites is 1. The zero-order valence-electron chi connectivity index (χ0n) is 18.6. The molecule has 1 aromatic heterocycles. The number of halogens is 1. The van der Waals surface area contributed by atoms with Gasteiger partial charge in [-0.3, -0.25) is 14.9 Å². The van der Waals surface area contributed by atoms with Gasteiger partial charge < -0.3 is 5.32 Å². The van der Waals surface area contributed by atoms with Crippen LogP contribution in [0.2, 0.25) is 5.02 Å². The van der Waals surface area contributed by atoms with Gasteiger partial charge >= 0.3 is 0 Å². The van der Waals surface area contributed by atoms with Crippen LogP contribution in [0.5, 0.6) is 0 Å². The molecule has 1 atom stereocenters. The highest BCUT2D eigenvalue weighted by Gasteiger charge is 2.43. The second-order valence-corrected chi connectivity index (χ2v) is 10.6. The summed E-state index contributed by atoms with van der Waals surface area (Å²) in [5.41, 5.74) is 2.38. The normalized spacial score (nSPS) is 18.8. The number of anilines is 1. The number of nitro groups is 1. The van der Waals surface area contributed by atoms with Crippen LogP contribution >= 0.6 is 23.4 Å². The van der Waals surface area contributed by atoms with Crippen molar-refractivity contribution in [1.29, 1.82) is 0 Å². The SMILES string of the molecule is CC1(C)CC(=O)C2=C(C1)Nc1nc(SCc3ccccc3Cl)nn1C2c1ccccc1[N+](=O)[O-]. The van der Waals surface area contributed by atoms with Crippen LogP contribution in [0.15, 0.2) is 65.0 Å².